The van der Waals surface area contributed by atoms with Gasteiger partial charge < -0.3 is 19.7 Å². The Bertz CT molecular complexity index is 764. The van der Waals surface area contributed by atoms with E-state index in [-0.39, 0.29) is 28.6 Å². The first kappa shape index (κ1) is 16.1. The van der Waals surface area contributed by atoms with Crippen LogP contribution in [-0.4, -0.2) is 29.6 Å². The normalized spacial score (nSPS) is 10.5. The summed E-state index contributed by atoms with van der Waals surface area (Å²) in [5, 5.41) is 19.1. The first-order valence-electron chi connectivity index (χ1n) is 6.58. The average Bonchev–Trinajstić information content (AvgIpc) is 2.56. The van der Waals surface area contributed by atoms with Crippen molar-refractivity contribution in [1.82, 2.24) is 0 Å². The van der Waals surface area contributed by atoms with Gasteiger partial charge in [-0.05, 0) is 42.0 Å². The third-order valence-corrected chi connectivity index (χ3v) is 2.95. The van der Waals surface area contributed by atoms with Gasteiger partial charge in [0.05, 0.1) is 7.11 Å². The third kappa shape index (κ3) is 4.10. The second-order valence-corrected chi connectivity index (χ2v) is 4.53. The van der Waals surface area contributed by atoms with Crippen LogP contribution in [0.25, 0.3) is 6.08 Å². The Morgan fingerprint density at radius 2 is 1.74 bits per heavy atom. The maximum atomic E-state index is 11.7. The molecule has 0 radical (unpaired) electrons. The summed E-state index contributed by atoms with van der Waals surface area (Å²) in [4.78, 5) is 22.3. The minimum atomic E-state index is -0.703. The number of esters is 1. The number of carbonyl (C=O) groups excluding carboxylic acids is 2. The predicted octanol–water partition coefficient (Wildman–Crippen LogP) is 2.54. The first-order chi connectivity index (χ1) is 11.0. The lowest BCUT2D eigenvalue weighted by Crippen LogP contribution is -2.04. The fraction of sp³-hybridized carbons (Fsp3) is 0.0588. The minimum absolute atomic E-state index is 0.00702. The molecule has 2 rings (SSSR count). The lowest BCUT2D eigenvalue weighted by molar-refractivity contribution is -0.129. The van der Waals surface area contributed by atoms with Crippen LogP contribution in [-0.2, 0) is 4.79 Å². The highest BCUT2D eigenvalue weighted by Crippen LogP contribution is 2.28. The lowest BCUT2D eigenvalue weighted by atomic mass is 10.2. The highest BCUT2D eigenvalue weighted by atomic mass is 16.5. The van der Waals surface area contributed by atoms with Gasteiger partial charge in [0.15, 0.2) is 23.0 Å². The molecule has 0 unspecified atom stereocenters. The molecule has 0 atom stereocenters. The van der Waals surface area contributed by atoms with Gasteiger partial charge in [-0.3, -0.25) is 4.79 Å². The number of rotatable bonds is 5. The van der Waals surface area contributed by atoms with Crippen molar-refractivity contribution >= 4 is 18.3 Å². The third-order valence-electron chi connectivity index (χ3n) is 2.95. The molecule has 0 heterocycles. The Balaban J connectivity index is 2.08. The zero-order valence-electron chi connectivity index (χ0n) is 12.2. The van der Waals surface area contributed by atoms with Crippen LogP contribution in [0.5, 0.6) is 23.0 Å². The molecule has 118 valence electrons. The second-order valence-electron chi connectivity index (χ2n) is 4.53. The molecule has 0 spiro atoms. The standard InChI is InChI=1S/C17H14O6/c1-22-16-9-11(2-5-13(16)19)4-7-17(21)23-15-6-3-12(10-18)8-14(15)20/h2-10,19-20H,1H3. The van der Waals surface area contributed by atoms with Gasteiger partial charge in [-0.15, -0.1) is 0 Å². The average molecular weight is 314 g/mol. The van der Waals surface area contributed by atoms with Crippen LogP contribution in [0.3, 0.4) is 0 Å². The molecule has 23 heavy (non-hydrogen) atoms. The molecule has 6 nitrogen and oxygen atoms in total. The van der Waals surface area contributed by atoms with Crippen molar-refractivity contribution in [2.75, 3.05) is 7.11 Å². The maximum Gasteiger partial charge on any atom is 0.336 e. The van der Waals surface area contributed by atoms with Crippen LogP contribution in [0.1, 0.15) is 15.9 Å². The number of methoxy groups -OCH3 is 1. The Morgan fingerprint density at radius 1 is 1.00 bits per heavy atom. The Labute approximate surface area is 132 Å². The summed E-state index contributed by atoms with van der Waals surface area (Å²) in [7, 11) is 1.42. The number of phenolic OH excluding ortho intramolecular Hbond substituents is 2. The highest BCUT2D eigenvalue weighted by molar-refractivity contribution is 5.89. The van der Waals surface area contributed by atoms with E-state index in [1.165, 1.54) is 43.5 Å². The monoisotopic (exact) mass is 314 g/mol. The molecule has 0 saturated heterocycles. The molecule has 0 amide bonds. The molecule has 0 aromatic heterocycles. The van der Waals surface area contributed by atoms with Crippen LogP contribution in [0.15, 0.2) is 42.5 Å². The fourth-order valence-electron chi connectivity index (χ4n) is 1.80. The summed E-state index contributed by atoms with van der Waals surface area (Å²) in [6.07, 6.45) is 3.21. The fourth-order valence-corrected chi connectivity index (χ4v) is 1.80. The van der Waals surface area contributed by atoms with Gasteiger partial charge >= 0.3 is 5.97 Å². The molecule has 0 saturated carbocycles. The molecule has 0 aliphatic rings. The van der Waals surface area contributed by atoms with Gasteiger partial charge in [0.25, 0.3) is 0 Å². The number of carbonyl (C=O) groups is 2. The van der Waals surface area contributed by atoms with Crippen LogP contribution in [0.2, 0.25) is 0 Å². The quantitative estimate of drug-likeness (QED) is 0.381. The summed E-state index contributed by atoms with van der Waals surface area (Å²) in [5.74, 6) is -0.780. The van der Waals surface area contributed by atoms with Crippen molar-refractivity contribution in [1.29, 1.82) is 0 Å². The zero-order chi connectivity index (χ0) is 16.8. The minimum Gasteiger partial charge on any atom is -0.504 e. The number of hydrogen-bond acceptors (Lipinski definition) is 6. The smallest absolute Gasteiger partial charge is 0.336 e. The number of aldehydes is 1. The molecule has 2 aromatic rings. The zero-order valence-corrected chi connectivity index (χ0v) is 12.2. The van der Waals surface area contributed by atoms with E-state index in [1.807, 2.05) is 0 Å². The number of hydrogen-bond donors (Lipinski definition) is 2. The number of aromatic hydroxyl groups is 2. The van der Waals surface area contributed by atoms with E-state index < -0.39 is 5.97 Å². The van der Waals surface area contributed by atoms with Crippen molar-refractivity contribution in [2.45, 2.75) is 0 Å². The van der Waals surface area contributed by atoms with Crippen LogP contribution >= 0.6 is 0 Å². The molecule has 6 heteroatoms. The van der Waals surface area contributed by atoms with E-state index in [2.05, 4.69) is 0 Å². The van der Waals surface area contributed by atoms with Crippen molar-refractivity contribution in [3.63, 3.8) is 0 Å². The van der Waals surface area contributed by atoms with Crippen LogP contribution in [0.4, 0.5) is 0 Å². The summed E-state index contributed by atoms with van der Waals surface area (Å²) >= 11 is 0. The summed E-state index contributed by atoms with van der Waals surface area (Å²) < 4.78 is 9.94. The van der Waals surface area contributed by atoms with Crippen molar-refractivity contribution in [3.8, 4) is 23.0 Å². The van der Waals surface area contributed by atoms with Gasteiger partial charge in [0, 0.05) is 11.6 Å². The number of ether oxygens (including phenoxy) is 2. The molecular formula is C17H14O6. The van der Waals surface area contributed by atoms with E-state index in [9.17, 15) is 19.8 Å². The molecule has 2 N–H and O–H groups in total. The molecule has 0 aliphatic carbocycles. The SMILES string of the molecule is COc1cc(C=CC(=O)Oc2ccc(C=O)cc2O)ccc1O. The van der Waals surface area contributed by atoms with Crippen LogP contribution in [0, 0.1) is 0 Å². The molecule has 0 aliphatic heterocycles. The topological polar surface area (TPSA) is 93.1 Å². The van der Waals surface area contributed by atoms with E-state index >= 15 is 0 Å². The van der Waals surface area contributed by atoms with Gasteiger partial charge in [-0.2, -0.15) is 0 Å². The predicted molar refractivity (Wildman–Crippen MR) is 82.8 cm³/mol. The van der Waals surface area contributed by atoms with Crippen molar-refractivity contribution < 1.29 is 29.3 Å². The number of phenols is 2. The highest BCUT2D eigenvalue weighted by Gasteiger charge is 2.07. The van der Waals surface area contributed by atoms with Crippen LogP contribution < -0.4 is 9.47 Å². The molecule has 0 fully saturated rings. The van der Waals surface area contributed by atoms with Gasteiger partial charge in [-0.1, -0.05) is 6.07 Å². The summed E-state index contributed by atoms with van der Waals surface area (Å²) in [5.41, 5.74) is 0.895. The number of benzene rings is 2. The maximum absolute atomic E-state index is 11.7. The molecular weight excluding hydrogens is 300 g/mol. The Hall–Kier alpha value is -3.28. The van der Waals surface area contributed by atoms with Crippen molar-refractivity contribution in [3.05, 3.63) is 53.6 Å². The molecule has 0 bridgehead atoms. The first-order valence-corrected chi connectivity index (χ1v) is 6.58. The van der Waals surface area contributed by atoms with E-state index in [1.54, 1.807) is 12.1 Å². The van der Waals surface area contributed by atoms with E-state index in [0.29, 0.717) is 11.8 Å². The van der Waals surface area contributed by atoms with E-state index in [4.69, 9.17) is 9.47 Å². The van der Waals surface area contributed by atoms with Gasteiger partial charge in [-0.25, -0.2) is 4.79 Å². The van der Waals surface area contributed by atoms with Gasteiger partial charge in [0.1, 0.15) is 6.29 Å². The Kier molecular flexibility index (Phi) is 4.99. The largest absolute Gasteiger partial charge is 0.504 e. The van der Waals surface area contributed by atoms with Gasteiger partial charge in [0.2, 0.25) is 0 Å². The second kappa shape index (κ2) is 7.13. The lowest BCUT2D eigenvalue weighted by Gasteiger charge is -2.05. The molecule has 2 aromatic carbocycles. The Morgan fingerprint density at radius 3 is 2.39 bits per heavy atom. The van der Waals surface area contributed by atoms with E-state index in [0.717, 1.165) is 0 Å². The summed E-state index contributed by atoms with van der Waals surface area (Å²) in [6.45, 7) is 0. The summed E-state index contributed by atoms with van der Waals surface area (Å²) in [6, 6.07) is 8.53. The van der Waals surface area contributed by atoms with Crippen molar-refractivity contribution in [2.24, 2.45) is 0 Å².